The van der Waals surface area contributed by atoms with Crippen LogP contribution in [0.5, 0.6) is 0 Å². The lowest BCUT2D eigenvalue weighted by Gasteiger charge is -2.31. The first-order valence-electron chi connectivity index (χ1n) is 7.46. The maximum absolute atomic E-state index is 12.8. The molecule has 0 unspecified atom stereocenters. The van der Waals surface area contributed by atoms with Gasteiger partial charge in [-0.2, -0.15) is 0 Å². The number of furan rings is 1. The van der Waals surface area contributed by atoms with Crippen molar-refractivity contribution in [2.75, 3.05) is 26.2 Å². The Morgan fingerprint density at radius 3 is 2.86 bits per heavy atom. The Balaban J connectivity index is 1.57. The largest absolute Gasteiger partial charge is 0.472 e. The molecule has 5 rings (SSSR count). The van der Waals surface area contributed by atoms with E-state index in [-0.39, 0.29) is 5.91 Å². The summed E-state index contributed by atoms with van der Waals surface area (Å²) in [5, 5.41) is 1.97. The third-order valence-electron chi connectivity index (χ3n) is 4.57. The van der Waals surface area contributed by atoms with Crippen LogP contribution in [0, 0.1) is 0 Å². The molecule has 0 aromatic carbocycles. The van der Waals surface area contributed by atoms with Gasteiger partial charge in [-0.05, 0) is 25.0 Å². The van der Waals surface area contributed by atoms with Crippen LogP contribution in [0.3, 0.4) is 0 Å². The van der Waals surface area contributed by atoms with Crippen LogP contribution in [0.2, 0.25) is 0 Å². The topological polar surface area (TPSA) is 36.7 Å². The Bertz CT molecular complexity index is 627. The predicted molar refractivity (Wildman–Crippen MR) is 82.5 cm³/mol. The normalized spacial score (nSPS) is 25.0. The number of nitrogens with zero attached hydrogens (tertiary/aromatic N) is 2. The molecule has 0 saturated carbocycles. The second-order valence-electron chi connectivity index (χ2n) is 5.78. The van der Waals surface area contributed by atoms with E-state index in [1.165, 1.54) is 0 Å². The van der Waals surface area contributed by atoms with Gasteiger partial charge in [-0.15, -0.1) is 11.3 Å². The Labute approximate surface area is 128 Å². The molecule has 0 aliphatic carbocycles. The first-order chi connectivity index (χ1) is 10.3. The molecule has 5 heterocycles. The minimum Gasteiger partial charge on any atom is -0.472 e. The van der Waals surface area contributed by atoms with E-state index < -0.39 is 0 Å². The van der Waals surface area contributed by atoms with Gasteiger partial charge in [-0.3, -0.25) is 4.79 Å². The standard InChI is InChI=1S/C16H18N2O2S/c19-16(18-7-6-17-4-1-14(18)2-5-17)13-9-15(21-11-13)12-3-8-20-10-12/h3,8-11,14H,1-2,4-7H2. The van der Waals surface area contributed by atoms with Crippen molar-refractivity contribution in [1.82, 2.24) is 9.80 Å². The van der Waals surface area contributed by atoms with E-state index in [0.29, 0.717) is 6.04 Å². The molecule has 2 bridgehead atoms. The van der Waals surface area contributed by atoms with E-state index in [9.17, 15) is 4.79 Å². The summed E-state index contributed by atoms with van der Waals surface area (Å²) in [6.07, 6.45) is 5.62. The average Bonchev–Trinajstić information content (AvgIpc) is 3.12. The summed E-state index contributed by atoms with van der Waals surface area (Å²) in [7, 11) is 0. The van der Waals surface area contributed by atoms with Crippen molar-refractivity contribution in [2.24, 2.45) is 0 Å². The smallest absolute Gasteiger partial charge is 0.255 e. The molecule has 2 aromatic heterocycles. The fourth-order valence-corrected chi connectivity index (χ4v) is 4.19. The molecule has 0 N–H and O–H groups in total. The molecule has 0 atom stereocenters. The number of hydrogen-bond acceptors (Lipinski definition) is 4. The van der Waals surface area contributed by atoms with E-state index in [1.807, 2.05) is 17.5 Å². The molecule has 4 nitrogen and oxygen atoms in total. The van der Waals surface area contributed by atoms with Crippen molar-refractivity contribution in [1.29, 1.82) is 0 Å². The summed E-state index contributed by atoms with van der Waals surface area (Å²) in [6.45, 7) is 4.15. The molecule has 110 valence electrons. The van der Waals surface area contributed by atoms with Crippen LogP contribution in [0.4, 0.5) is 0 Å². The predicted octanol–water partition coefficient (Wildman–Crippen LogP) is 2.93. The van der Waals surface area contributed by atoms with Gasteiger partial charge in [0, 0.05) is 48.0 Å². The highest BCUT2D eigenvalue weighted by Crippen LogP contribution is 2.29. The van der Waals surface area contributed by atoms with E-state index >= 15 is 0 Å². The minimum atomic E-state index is 0.190. The minimum absolute atomic E-state index is 0.190. The number of amides is 1. The Hall–Kier alpha value is -1.59. The first kappa shape index (κ1) is 13.1. The molecular weight excluding hydrogens is 284 g/mol. The summed E-state index contributed by atoms with van der Waals surface area (Å²) in [4.78, 5) is 18.5. The zero-order valence-electron chi connectivity index (χ0n) is 11.8. The lowest BCUT2D eigenvalue weighted by Crippen LogP contribution is -2.41. The van der Waals surface area contributed by atoms with Crippen molar-refractivity contribution in [2.45, 2.75) is 18.9 Å². The van der Waals surface area contributed by atoms with Crippen molar-refractivity contribution >= 4 is 17.2 Å². The molecule has 3 fully saturated rings. The highest BCUT2D eigenvalue weighted by molar-refractivity contribution is 7.13. The number of fused-ring (bicyclic) bond motifs is 4. The van der Waals surface area contributed by atoms with Gasteiger partial charge >= 0.3 is 0 Å². The second-order valence-corrected chi connectivity index (χ2v) is 6.69. The van der Waals surface area contributed by atoms with Gasteiger partial charge in [0.25, 0.3) is 5.91 Å². The zero-order valence-corrected chi connectivity index (χ0v) is 12.6. The molecule has 2 aromatic rings. The SMILES string of the molecule is O=C(c1csc(-c2ccoc2)c1)N1CCN2CCC1CC2. The van der Waals surface area contributed by atoms with E-state index in [4.69, 9.17) is 4.42 Å². The van der Waals surface area contributed by atoms with Crippen LogP contribution in [0.1, 0.15) is 23.2 Å². The monoisotopic (exact) mass is 302 g/mol. The third kappa shape index (κ3) is 2.40. The van der Waals surface area contributed by atoms with Crippen molar-refractivity contribution in [3.63, 3.8) is 0 Å². The van der Waals surface area contributed by atoms with Gasteiger partial charge in [0.1, 0.15) is 0 Å². The van der Waals surface area contributed by atoms with Crippen LogP contribution in [0.25, 0.3) is 10.4 Å². The molecule has 1 amide bonds. The van der Waals surface area contributed by atoms with Crippen LogP contribution < -0.4 is 0 Å². The Kier molecular flexibility index (Phi) is 3.31. The lowest BCUT2D eigenvalue weighted by molar-refractivity contribution is 0.0685. The zero-order chi connectivity index (χ0) is 14.2. The summed E-state index contributed by atoms with van der Waals surface area (Å²) in [6, 6.07) is 4.35. The third-order valence-corrected chi connectivity index (χ3v) is 5.55. The number of carbonyl (C=O) groups excluding carboxylic acids is 1. The van der Waals surface area contributed by atoms with Crippen LogP contribution in [-0.2, 0) is 0 Å². The Morgan fingerprint density at radius 1 is 1.24 bits per heavy atom. The fraction of sp³-hybridized carbons (Fsp3) is 0.438. The van der Waals surface area contributed by atoms with Crippen LogP contribution in [0.15, 0.2) is 34.5 Å². The summed E-state index contributed by atoms with van der Waals surface area (Å²) in [5.74, 6) is 0.190. The molecule has 3 saturated heterocycles. The number of hydrogen-bond donors (Lipinski definition) is 0. The summed E-state index contributed by atoms with van der Waals surface area (Å²) >= 11 is 1.61. The van der Waals surface area contributed by atoms with E-state index in [2.05, 4.69) is 9.80 Å². The van der Waals surface area contributed by atoms with Crippen LogP contribution in [-0.4, -0.2) is 47.9 Å². The summed E-state index contributed by atoms with van der Waals surface area (Å²) in [5.41, 5.74) is 1.86. The number of piperidine rings is 1. The highest BCUT2D eigenvalue weighted by atomic mass is 32.1. The van der Waals surface area contributed by atoms with Gasteiger partial charge in [-0.1, -0.05) is 0 Å². The van der Waals surface area contributed by atoms with Crippen molar-refractivity contribution < 1.29 is 9.21 Å². The summed E-state index contributed by atoms with van der Waals surface area (Å²) < 4.78 is 5.12. The van der Waals surface area contributed by atoms with Crippen LogP contribution >= 0.6 is 11.3 Å². The maximum Gasteiger partial charge on any atom is 0.255 e. The number of carbonyl (C=O) groups is 1. The maximum atomic E-state index is 12.8. The molecule has 21 heavy (non-hydrogen) atoms. The van der Waals surface area contributed by atoms with E-state index in [0.717, 1.165) is 55.0 Å². The van der Waals surface area contributed by atoms with Gasteiger partial charge in [0.2, 0.25) is 0 Å². The molecule has 3 aliphatic heterocycles. The highest BCUT2D eigenvalue weighted by Gasteiger charge is 2.32. The molecule has 5 heteroatoms. The quantitative estimate of drug-likeness (QED) is 0.856. The molecule has 0 spiro atoms. The first-order valence-corrected chi connectivity index (χ1v) is 8.33. The van der Waals surface area contributed by atoms with E-state index in [1.54, 1.807) is 23.9 Å². The molecule has 3 aliphatic rings. The van der Waals surface area contributed by atoms with Crippen molar-refractivity contribution in [3.05, 3.63) is 35.6 Å². The fourth-order valence-electron chi connectivity index (χ4n) is 3.32. The van der Waals surface area contributed by atoms with Gasteiger partial charge in [-0.25, -0.2) is 0 Å². The van der Waals surface area contributed by atoms with Gasteiger partial charge in [0.15, 0.2) is 0 Å². The van der Waals surface area contributed by atoms with Gasteiger partial charge < -0.3 is 14.2 Å². The second kappa shape index (κ2) is 5.31. The van der Waals surface area contributed by atoms with Crippen molar-refractivity contribution in [3.8, 4) is 10.4 Å². The molecule has 0 radical (unpaired) electrons. The number of rotatable bonds is 2. The Morgan fingerprint density at radius 2 is 2.10 bits per heavy atom. The average molecular weight is 302 g/mol. The molecular formula is C16H18N2O2S. The van der Waals surface area contributed by atoms with Gasteiger partial charge in [0.05, 0.1) is 18.1 Å². The lowest BCUT2D eigenvalue weighted by atomic mass is 10.0. The number of thiophene rings is 1.